The van der Waals surface area contributed by atoms with Gasteiger partial charge in [0, 0.05) is 24.2 Å². The van der Waals surface area contributed by atoms with Crippen molar-refractivity contribution in [3.8, 4) is 5.75 Å². The minimum absolute atomic E-state index is 0. The van der Waals surface area contributed by atoms with Gasteiger partial charge in [-0.3, -0.25) is 4.79 Å². The van der Waals surface area contributed by atoms with Gasteiger partial charge in [0.1, 0.15) is 12.4 Å². The summed E-state index contributed by atoms with van der Waals surface area (Å²) in [5.41, 5.74) is 7.97. The number of nitrogens with two attached hydrogens (primary N) is 1. The van der Waals surface area contributed by atoms with E-state index in [0.717, 1.165) is 36.3 Å². The zero-order valence-corrected chi connectivity index (χ0v) is 16.1. The van der Waals surface area contributed by atoms with Crippen LogP contribution in [0.15, 0.2) is 48.5 Å². The summed E-state index contributed by atoms with van der Waals surface area (Å²) in [7, 11) is 0. The Balaban J connectivity index is 0.00000243. The molecule has 1 saturated heterocycles. The van der Waals surface area contributed by atoms with Gasteiger partial charge < -0.3 is 15.4 Å². The number of carbonyl (C=O) groups excluding carboxylic acids is 1. The number of benzene rings is 2. The van der Waals surface area contributed by atoms with Gasteiger partial charge in [-0.05, 0) is 48.2 Å². The van der Waals surface area contributed by atoms with Crippen LogP contribution in [0.1, 0.15) is 24.0 Å². The van der Waals surface area contributed by atoms with Crippen molar-refractivity contribution in [3.63, 3.8) is 0 Å². The second kappa shape index (κ2) is 9.81. The summed E-state index contributed by atoms with van der Waals surface area (Å²) in [4.78, 5) is 14.3. The molecule has 2 aromatic rings. The van der Waals surface area contributed by atoms with Crippen LogP contribution in [0.4, 0.5) is 0 Å². The van der Waals surface area contributed by atoms with E-state index in [-0.39, 0.29) is 24.4 Å². The van der Waals surface area contributed by atoms with Crippen molar-refractivity contribution in [1.29, 1.82) is 0 Å². The number of nitrogens with zero attached hydrogens (tertiary/aromatic N) is 1. The van der Waals surface area contributed by atoms with Gasteiger partial charge in [-0.25, -0.2) is 0 Å². The molecule has 0 aliphatic carbocycles. The molecule has 0 bridgehead atoms. The Morgan fingerprint density at radius 2 is 1.96 bits per heavy atom. The first kappa shape index (κ1) is 20.6. The lowest BCUT2D eigenvalue weighted by atomic mass is 10.0. The smallest absolute Gasteiger partial charge is 0.227 e. The molecule has 1 fully saturated rings. The number of amides is 1. The highest BCUT2D eigenvalue weighted by molar-refractivity contribution is 6.30. The van der Waals surface area contributed by atoms with Gasteiger partial charge >= 0.3 is 0 Å². The van der Waals surface area contributed by atoms with Gasteiger partial charge in [0.15, 0.2) is 0 Å². The Morgan fingerprint density at radius 1 is 1.19 bits per heavy atom. The van der Waals surface area contributed by atoms with E-state index < -0.39 is 0 Å². The molecule has 1 atom stereocenters. The highest BCUT2D eigenvalue weighted by Crippen LogP contribution is 2.18. The Labute approximate surface area is 165 Å². The fourth-order valence-corrected chi connectivity index (χ4v) is 3.14. The molecule has 6 heteroatoms. The third kappa shape index (κ3) is 5.90. The van der Waals surface area contributed by atoms with Gasteiger partial charge in [-0.1, -0.05) is 35.9 Å². The summed E-state index contributed by atoms with van der Waals surface area (Å²) in [5.74, 6) is 0.889. The van der Waals surface area contributed by atoms with E-state index in [9.17, 15) is 4.79 Å². The molecule has 0 radical (unpaired) electrons. The van der Waals surface area contributed by atoms with Crippen LogP contribution in [0.25, 0.3) is 0 Å². The Morgan fingerprint density at radius 3 is 2.69 bits per heavy atom. The van der Waals surface area contributed by atoms with E-state index >= 15 is 0 Å². The van der Waals surface area contributed by atoms with Crippen molar-refractivity contribution < 1.29 is 9.53 Å². The highest BCUT2D eigenvalue weighted by Gasteiger charge is 2.21. The van der Waals surface area contributed by atoms with Crippen LogP contribution in [0.2, 0.25) is 5.02 Å². The molecule has 1 amide bonds. The van der Waals surface area contributed by atoms with E-state index in [1.54, 1.807) is 0 Å². The van der Waals surface area contributed by atoms with Gasteiger partial charge in [0.05, 0.1) is 6.42 Å². The maximum atomic E-state index is 12.5. The molecule has 140 valence electrons. The van der Waals surface area contributed by atoms with E-state index in [1.165, 1.54) is 0 Å². The first-order chi connectivity index (χ1) is 12.1. The second-order valence-electron chi connectivity index (χ2n) is 6.48. The lowest BCUT2D eigenvalue weighted by Crippen LogP contribution is -2.46. The summed E-state index contributed by atoms with van der Waals surface area (Å²) < 4.78 is 5.83. The maximum absolute atomic E-state index is 12.5. The van der Waals surface area contributed by atoms with Gasteiger partial charge in [-0.2, -0.15) is 0 Å². The van der Waals surface area contributed by atoms with Gasteiger partial charge in [0.25, 0.3) is 0 Å². The first-order valence-corrected chi connectivity index (χ1v) is 8.97. The average Bonchev–Trinajstić information content (AvgIpc) is 2.61. The molecule has 0 saturated carbocycles. The summed E-state index contributed by atoms with van der Waals surface area (Å²) in [5, 5.41) is 0.710. The van der Waals surface area contributed by atoms with Crippen molar-refractivity contribution in [3.05, 3.63) is 64.7 Å². The van der Waals surface area contributed by atoms with Crippen molar-refractivity contribution in [2.75, 3.05) is 13.1 Å². The normalized spacial score (nSPS) is 16.7. The van der Waals surface area contributed by atoms with E-state index in [4.69, 9.17) is 22.1 Å². The third-order valence-corrected chi connectivity index (χ3v) is 4.64. The van der Waals surface area contributed by atoms with Gasteiger partial charge in [-0.15, -0.1) is 12.4 Å². The molecular formula is C20H24Cl2N2O2. The van der Waals surface area contributed by atoms with Crippen LogP contribution in [0.3, 0.4) is 0 Å². The van der Waals surface area contributed by atoms with Crippen LogP contribution in [-0.2, 0) is 17.8 Å². The zero-order chi connectivity index (χ0) is 17.6. The van der Waals surface area contributed by atoms with Crippen molar-refractivity contribution in [2.45, 2.75) is 31.9 Å². The van der Waals surface area contributed by atoms with E-state index in [1.807, 2.05) is 53.4 Å². The van der Waals surface area contributed by atoms with E-state index in [2.05, 4.69) is 0 Å². The van der Waals surface area contributed by atoms with Crippen LogP contribution in [-0.4, -0.2) is 29.9 Å². The summed E-state index contributed by atoms with van der Waals surface area (Å²) in [6, 6.07) is 15.4. The molecule has 26 heavy (non-hydrogen) atoms. The average molecular weight is 395 g/mol. The fraction of sp³-hybridized carbons (Fsp3) is 0.350. The number of carbonyl (C=O) groups is 1. The summed E-state index contributed by atoms with van der Waals surface area (Å²) in [6.07, 6.45) is 2.36. The molecule has 1 unspecified atom stereocenters. The Bertz CT molecular complexity index is 722. The SMILES string of the molecule is Cl.NC1CCCN(C(=O)Cc2cccc(OCc3ccc(Cl)cc3)c2)C1. The van der Waals surface area contributed by atoms with Crippen molar-refractivity contribution >= 4 is 29.9 Å². The molecule has 4 nitrogen and oxygen atoms in total. The zero-order valence-electron chi connectivity index (χ0n) is 14.6. The standard InChI is InChI=1S/C20H23ClN2O2.ClH/c21-17-8-6-15(7-9-17)14-25-19-5-1-3-16(11-19)12-20(24)23-10-2-4-18(22)13-23;/h1,3,5-9,11,18H,2,4,10,12-14,22H2;1H. The van der Waals surface area contributed by atoms with Crippen molar-refractivity contribution in [1.82, 2.24) is 4.90 Å². The molecule has 0 spiro atoms. The van der Waals surface area contributed by atoms with Crippen LogP contribution in [0, 0.1) is 0 Å². The third-order valence-electron chi connectivity index (χ3n) is 4.38. The number of likely N-dealkylation sites (tertiary alicyclic amines) is 1. The molecule has 3 rings (SSSR count). The summed E-state index contributed by atoms with van der Waals surface area (Å²) >= 11 is 5.89. The maximum Gasteiger partial charge on any atom is 0.227 e. The van der Waals surface area contributed by atoms with Crippen LogP contribution in [0.5, 0.6) is 5.75 Å². The number of halogens is 2. The number of piperidine rings is 1. The molecule has 2 aromatic carbocycles. The topological polar surface area (TPSA) is 55.6 Å². The summed E-state index contributed by atoms with van der Waals surface area (Å²) in [6.45, 7) is 1.93. The number of hydrogen-bond acceptors (Lipinski definition) is 3. The second-order valence-corrected chi connectivity index (χ2v) is 6.92. The largest absolute Gasteiger partial charge is 0.489 e. The Hall–Kier alpha value is -1.75. The monoisotopic (exact) mass is 394 g/mol. The minimum atomic E-state index is 0. The molecule has 2 N–H and O–H groups in total. The quantitative estimate of drug-likeness (QED) is 0.837. The highest BCUT2D eigenvalue weighted by atomic mass is 35.5. The van der Waals surface area contributed by atoms with Crippen LogP contribution >= 0.6 is 24.0 Å². The van der Waals surface area contributed by atoms with Crippen molar-refractivity contribution in [2.24, 2.45) is 5.73 Å². The number of hydrogen-bond donors (Lipinski definition) is 1. The molecule has 0 aromatic heterocycles. The fourth-order valence-electron chi connectivity index (χ4n) is 3.02. The first-order valence-electron chi connectivity index (χ1n) is 8.60. The number of ether oxygens (including phenoxy) is 1. The van der Waals surface area contributed by atoms with Gasteiger partial charge in [0.2, 0.25) is 5.91 Å². The predicted molar refractivity (Wildman–Crippen MR) is 107 cm³/mol. The minimum Gasteiger partial charge on any atom is -0.489 e. The lowest BCUT2D eigenvalue weighted by molar-refractivity contribution is -0.131. The lowest BCUT2D eigenvalue weighted by Gasteiger charge is -2.30. The predicted octanol–water partition coefficient (Wildman–Crippen LogP) is 3.83. The molecule has 1 heterocycles. The van der Waals surface area contributed by atoms with E-state index in [0.29, 0.717) is 24.6 Å². The molecule has 1 aliphatic rings. The Kier molecular flexibility index (Phi) is 7.76. The molecule has 1 aliphatic heterocycles. The number of rotatable bonds is 5. The molecular weight excluding hydrogens is 371 g/mol. The van der Waals surface area contributed by atoms with Crippen LogP contribution < -0.4 is 10.5 Å².